The van der Waals surface area contributed by atoms with E-state index in [9.17, 15) is 28.5 Å². The lowest BCUT2D eigenvalue weighted by molar-refractivity contribution is -0.386. The van der Waals surface area contributed by atoms with Gasteiger partial charge in [-0.3, -0.25) is 19.7 Å². The summed E-state index contributed by atoms with van der Waals surface area (Å²) in [5.41, 5.74) is -0.814. The fourth-order valence-electron chi connectivity index (χ4n) is 1.92. The van der Waals surface area contributed by atoms with Gasteiger partial charge in [-0.2, -0.15) is 0 Å². The molecule has 0 saturated heterocycles. The number of nitrogens with zero attached hydrogens (tertiary/aromatic N) is 1. The van der Waals surface area contributed by atoms with Gasteiger partial charge in [0.2, 0.25) is 0 Å². The van der Waals surface area contributed by atoms with E-state index in [1.807, 2.05) is 0 Å². The number of nitrogens with one attached hydrogen (secondary N) is 1. The van der Waals surface area contributed by atoms with E-state index >= 15 is 0 Å². The number of hydrogen-bond donors (Lipinski definition) is 1. The zero-order valence-electron chi connectivity index (χ0n) is 12.9. The zero-order chi connectivity index (χ0) is 18.6. The SMILES string of the molecule is C[C@H](Oc1ccc(C=O)cc1[N+](=O)[O-])C(=O)Nc1cc(F)ccc1F. The first-order valence-electron chi connectivity index (χ1n) is 6.98. The monoisotopic (exact) mass is 350 g/mol. The van der Waals surface area contributed by atoms with Crippen molar-refractivity contribution in [3.8, 4) is 5.75 Å². The summed E-state index contributed by atoms with van der Waals surface area (Å²) in [5, 5.41) is 13.2. The first kappa shape index (κ1) is 18.0. The molecule has 25 heavy (non-hydrogen) atoms. The number of halogens is 2. The number of benzene rings is 2. The van der Waals surface area contributed by atoms with Crippen molar-refractivity contribution in [3.63, 3.8) is 0 Å². The quantitative estimate of drug-likeness (QED) is 0.490. The van der Waals surface area contributed by atoms with Crippen LogP contribution in [0.1, 0.15) is 17.3 Å². The Morgan fingerprint density at radius 3 is 2.64 bits per heavy atom. The molecule has 2 aromatic rings. The lowest BCUT2D eigenvalue weighted by atomic mass is 10.2. The maximum Gasteiger partial charge on any atom is 0.311 e. The number of ether oxygens (including phenoxy) is 1. The molecule has 0 aliphatic heterocycles. The van der Waals surface area contributed by atoms with Crippen molar-refractivity contribution >= 4 is 23.6 Å². The molecule has 2 aromatic carbocycles. The van der Waals surface area contributed by atoms with Crippen LogP contribution in [0, 0.1) is 21.7 Å². The van der Waals surface area contributed by atoms with Crippen LogP contribution in [-0.4, -0.2) is 23.2 Å². The van der Waals surface area contributed by atoms with Crippen molar-refractivity contribution in [1.29, 1.82) is 0 Å². The highest BCUT2D eigenvalue weighted by atomic mass is 19.1. The molecular formula is C16H12F2N2O5. The average molecular weight is 350 g/mol. The molecule has 0 aromatic heterocycles. The van der Waals surface area contributed by atoms with Crippen molar-refractivity contribution in [2.45, 2.75) is 13.0 Å². The smallest absolute Gasteiger partial charge is 0.311 e. The third-order valence-corrected chi connectivity index (χ3v) is 3.18. The molecule has 0 aliphatic rings. The highest BCUT2D eigenvalue weighted by Crippen LogP contribution is 2.28. The van der Waals surface area contributed by atoms with E-state index < -0.39 is 34.3 Å². The minimum atomic E-state index is -1.25. The Morgan fingerprint density at radius 2 is 2.00 bits per heavy atom. The molecule has 7 nitrogen and oxygen atoms in total. The zero-order valence-corrected chi connectivity index (χ0v) is 12.9. The fourth-order valence-corrected chi connectivity index (χ4v) is 1.92. The van der Waals surface area contributed by atoms with Gasteiger partial charge in [-0.15, -0.1) is 0 Å². The second-order valence-corrected chi connectivity index (χ2v) is 4.98. The largest absolute Gasteiger partial charge is 0.474 e. The Labute approximate surface area is 140 Å². The van der Waals surface area contributed by atoms with E-state index in [4.69, 9.17) is 4.74 Å². The molecule has 130 valence electrons. The van der Waals surface area contributed by atoms with Crippen LogP contribution in [-0.2, 0) is 4.79 Å². The van der Waals surface area contributed by atoms with Crippen molar-refractivity contribution in [2.75, 3.05) is 5.32 Å². The van der Waals surface area contributed by atoms with Crippen molar-refractivity contribution < 1.29 is 28.0 Å². The maximum absolute atomic E-state index is 13.5. The third kappa shape index (κ3) is 4.34. The molecule has 0 aliphatic carbocycles. The van der Waals surface area contributed by atoms with Crippen LogP contribution in [0.25, 0.3) is 0 Å². The number of amides is 1. The number of carbonyl (C=O) groups is 2. The molecule has 0 spiro atoms. The Balaban J connectivity index is 2.17. The lowest BCUT2D eigenvalue weighted by Crippen LogP contribution is -2.30. The number of rotatable bonds is 6. The summed E-state index contributed by atoms with van der Waals surface area (Å²) >= 11 is 0. The van der Waals surface area contributed by atoms with Crippen molar-refractivity contribution in [3.05, 3.63) is 63.7 Å². The van der Waals surface area contributed by atoms with Gasteiger partial charge in [0.1, 0.15) is 17.9 Å². The van der Waals surface area contributed by atoms with Crippen LogP contribution in [0.5, 0.6) is 5.75 Å². The van der Waals surface area contributed by atoms with Gasteiger partial charge in [0, 0.05) is 17.7 Å². The molecule has 1 amide bonds. The van der Waals surface area contributed by atoms with E-state index in [-0.39, 0.29) is 17.0 Å². The van der Waals surface area contributed by atoms with E-state index in [1.54, 1.807) is 0 Å². The van der Waals surface area contributed by atoms with Crippen molar-refractivity contribution in [1.82, 2.24) is 0 Å². The minimum absolute atomic E-state index is 0.0676. The summed E-state index contributed by atoms with van der Waals surface area (Å²) in [7, 11) is 0. The van der Waals surface area contributed by atoms with Gasteiger partial charge in [-0.05, 0) is 31.2 Å². The lowest BCUT2D eigenvalue weighted by Gasteiger charge is -2.15. The third-order valence-electron chi connectivity index (χ3n) is 3.18. The Morgan fingerprint density at radius 1 is 1.28 bits per heavy atom. The summed E-state index contributed by atoms with van der Waals surface area (Å²) in [6.07, 6.45) is -0.817. The normalized spacial score (nSPS) is 11.5. The predicted molar refractivity (Wildman–Crippen MR) is 83.6 cm³/mol. The van der Waals surface area contributed by atoms with E-state index in [2.05, 4.69) is 5.32 Å². The van der Waals surface area contributed by atoms with Gasteiger partial charge in [-0.1, -0.05) is 0 Å². The number of anilines is 1. The Kier molecular flexibility index (Phi) is 5.38. The van der Waals surface area contributed by atoms with Gasteiger partial charge < -0.3 is 10.1 Å². The van der Waals surface area contributed by atoms with Gasteiger partial charge >= 0.3 is 5.69 Å². The molecule has 0 unspecified atom stereocenters. The topological polar surface area (TPSA) is 98.5 Å². The molecule has 0 fully saturated rings. The highest BCUT2D eigenvalue weighted by molar-refractivity contribution is 5.94. The van der Waals surface area contributed by atoms with Gasteiger partial charge in [0.05, 0.1) is 10.6 Å². The molecule has 1 N–H and O–H groups in total. The van der Waals surface area contributed by atoms with E-state index in [0.29, 0.717) is 6.29 Å². The summed E-state index contributed by atoms with van der Waals surface area (Å²) in [6.45, 7) is 1.28. The highest BCUT2D eigenvalue weighted by Gasteiger charge is 2.22. The molecular weight excluding hydrogens is 338 g/mol. The standard InChI is InChI=1S/C16H12F2N2O5/c1-9(16(22)19-13-7-11(17)3-4-12(13)18)25-15-5-2-10(8-21)6-14(15)20(23)24/h2-9H,1H3,(H,19,22)/t9-/m0/s1. The van der Waals surface area contributed by atoms with Crippen LogP contribution in [0.15, 0.2) is 36.4 Å². The maximum atomic E-state index is 13.5. The van der Waals surface area contributed by atoms with Crippen LogP contribution < -0.4 is 10.1 Å². The van der Waals surface area contributed by atoms with Crippen LogP contribution in [0.3, 0.4) is 0 Å². The predicted octanol–water partition coefficient (Wildman–Crippen LogP) is 3.09. The second-order valence-electron chi connectivity index (χ2n) is 4.98. The molecule has 0 heterocycles. The molecule has 9 heteroatoms. The molecule has 2 rings (SSSR count). The Bertz CT molecular complexity index is 841. The Hall–Kier alpha value is -3.36. The molecule has 0 radical (unpaired) electrons. The summed E-state index contributed by atoms with van der Waals surface area (Å²) in [6, 6.07) is 5.99. The number of nitro groups is 1. The fraction of sp³-hybridized carbons (Fsp3) is 0.125. The summed E-state index contributed by atoms with van der Waals surface area (Å²) in [4.78, 5) is 33.0. The second kappa shape index (κ2) is 7.47. The minimum Gasteiger partial charge on any atom is -0.474 e. The van der Waals surface area contributed by atoms with E-state index in [1.165, 1.54) is 19.1 Å². The van der Waals surface area contributed by atoms with Gasteiger partial charge in [0.25, 0.3) is 5.91 Å². The van der Waals surface area contributed by atoms with Crippen LogP contribution in [0.4, 0.5) is 20.2 Å². The molecule has 0 bridgehead atoms. The van der Waals surface area contributed by atoms with Crippen molar-refractivity contribution in [2.24, 2.45) is 0 Å². The van der Waals surface area contributed by atoms with Gasteiger partial charge in [0.15, 0.2) is 11.9 Å². The number of carbonyl (C=O) groups excluding carboxylic acids is 2. The average Bonchev–Trinajstić information content (AvgIpc) is 2.58. The molecule has 1 atom stereocenters. The number of nitro benzene ring substituents is 1. The van der Waals surface area contributed by atoms with Crippen LogP contribution >= 0.6 is 0 Å². The number of aldehydes is 1. The first-order chi connectivity index (χ1) is 11.8. The summed E-state index contributed by atoms with van der Waals surface area (Å²) in [5.74, 6) is -2.66. The van der Waals surface area contributed by atoms with Crippen LogP contribution in [0.2, 0.25) is 0 Å². The van der Waals surface area contributed by atoms with E-state index in [0.717, 1.165) is 24.3 Å². The van der Waals surface area contributed by atoms with Gasteiger partial charge in [-0.25, -0.2) is 8.78 Å². The summed E-state index contributed by atoms with van der Waals surface area (Å²) < 4.78 is 31.9. The first-order valence-corrected chi connectivity index (χ1v) is 6.98. The molecule has 0 saturated carbocycles. The number of hydrogen-bond acceptors (Lipinski definition) is 5.